The van der Waals surface area contributed by atoms with Crippen molar-refractivity contribution >= 4 is 17.9 Å². The Balaban J connectivity index is 4.34. The number of ether oxygens (including phenoxy) is 3. The Morgan fingerprint density at radius 1 is 0.429 bits per heavy atom. The molecule has 0 rings (SSSR count). The summed E-state index contributed by atoms with van der Waals surface area (Å²) in [5.74, 6) is 0.738. The van der Waals surface area contributed by atoms with Crippen molar-refractivity contribution in [3.8, 4) is 0 Å². The zero-order valence-corrected chi connectivity index (χ0v) is 33.3. The zero-order valence-electron chi connectivity index (χ0n) is 33.3. The van der Waals surface area contributed by atoms with Gasteiger partial charge in [-0.25, -0.2) is 0 Å². The van der Waals surface area contributed by atoms with Gasteiger partial charge in [0.05, 0.1) is 0 Å². The lowest BCUT2D eigenvalue weighted by Gasteiger charge is -2.18. The van der Waals surface area contributed by atoms with Crippen LogP contribution in [0, 0.1) is 11.8 Å². The number of carbonyl (C=O) groups excluding carboxylic acids is 3. The Hall–Kier alpha value is -1.59. The topological polar surface area (TPSA) is 78.9 Å². The fourth-order valence-electron chi connectivity index (χ4n) is 6.19. The van der Waals surface area contributed by atoms with Crippen molar-refractivity contribution in [2.75, 3.05) is 13.2 Å². The SMILES string of the molecule is CCCCCCCCCCCCC(=O)OC[C@H](COC(=O)CCCCCCCCCCC(C)CC)OC(=O)CCCCCCCCC(C)C. The van der Waals surface area contributed by atoms with E-state index in [1.165, 1.54) is 116 Å². The molecular weight excluding hydrogens is 612 g/mol. The highest BCUT2D eigenvalue weighted by molar-refractivity contribution is 5.71. The third-order valence-electron chi connectivity index (χ3n) is 9.83. The second-order valence-electron chi connectivity index (χ2n) is 15.3. The summed E-state index contributed by atoms with van der Waals surface area (Å²) in [5, 5.41) is 0. The first-order chi connectivity index (χ1) is 23.8. The Morgan fingerprint density at radius 2 is 0.776 bits per heavy atom. The molecule has 0 N–H and O–H groups in total. The second-order valence-corrected chi connectivity index (χ2v) is 15.3. The number of hydrogen-bond acceptors (Lipinski definition) is 6. The second kappa shape index (κ2) is 36.2. The maximum atomic E-state index is 12.6. The van der Waals surface area contributed by atoms with Crippen molar-refractivity contribution in [3.63, 3.8) is 0 Å². The highest BCUT2D eigenvalue weighted by Crippen LogP contribution is 2.16. The van der Waals surface area contributed by atoms with Crippen molar-refractivity contribution in [3.05, 3.63) is 0 Å². The number of unbranched alkanes of at least 4 members (excludes halogenated alkanes) is 21. The molecule has 0 aliphatic carbocycles. The molecule has 0 aliphatic rings. The molecule has 0 aromatic heterocycles. The Kier molecular flexibility index (Phi) is 35.0. The number of esters is 3. The van der Waals surface area contributed by atoms with Gasteiger partial charge >= 0.3 is 17.9 Å². The molecule has 6 nitrogen and oxygen atoms in total. The average Bonchev–Trinajstić information content (AvgIpc) is 3.08. The van der Waals surface area contributed by atoms with E-state index in [9.17, 15) is 14.4 Å². The lowest BCUT2D eigenvalue weighted by Crippen LogP contribution is -2.30. The molecule has 0 aromatic carbocycles. The van der Waals surface area contributed by atoms with Crippen LogP contribution in [0.15, 0.2) is 0 Å². The summed E-state index contributed by atoms with van der Waals surface area (Å²) >= 11 is 0. The highest BCUT2D eigenvalue weighted by Gasteiger charge is 2.19. The summed E-state index contributed by atoms with van der Waals surface area (Å²) in [4.78, 5) is 37.5. The van der Waals surface area contributed by atoms with E-state index in [-0.39, 0.29) is 31.1 Å². The van der Waals surface area contributed by atoms with Gasteiger partial charge in [-0.15, -0.1) is 0 Å². The maximum Gasteiger partial charge on any atom is 0.306 e. The third-order valence-corrected chi connectivity index (χ3v) is 9.83. The smallest absolute Gasteiger partial charge is 0.306 e. The minimum Gasteiger partial charge on any atom is -0.462 e. The van der Waals surface area contributed by atoms with Gasteiger partial charge in [0.25, 0.3) is 0 Å². The summed E-state index contributed by atoms with van der Waals surface area (Å²) in [6, 6.07) is 0. The lowest BCUT2D eigenvalue weighted by atomic mass is 9.99. The summed E-state index contributed by atoms with van der Waals surface area (Å²) in [5.41, 5.74) is 0. The van der Waals surface area contributed by atoms with E-state index in [1.807, 2.05) is 0 Å². The maximum absolute atomic E-state index is 12.6. The molecule has 0 heterocycles. The number of hydrogen-bond donors (Lipinski definition) is 0. The van der Waals surface area contributed by atoms with Crippen LogP contribution in [-0.4, -0.2) is 37.2 Å². The standard InChI is InChI=1S/C43H82O6/c1-6-8-9-10-11-12-13-17-23-28-33-41(44)47-36-40(49-43(46)35-30-25-20-19-21-26-31-38(3)4)37-48-42(45)34-29-24-18-15-14-16-22-27-32-39(5)7-2/h38-40H,6-37H2,1-5H3/t39?,40-/m1/s1. The normalized spacial score (nSPS) is 12.6. The van der Waals surface area contributed by atoms with E-state index in [2.05, 4.69) is 34.6 Å². The molecule has 0 aromatic rings. The number of rotatable bonds is 37. The van der Waals surface area contributed by atoms with Crippen LogP contribution in [0.4, 0.5) is 0 Å². The Bertz CT molecular complexity index is 751. The molecule has 0 aliphatic heterocycles. The van der Waals surface area contributed by atoms with Crippen LogP contribution in [0.1, 0.15) is 227 Å². The molecule has 1 unspecified atom stereocenters. The molecular formula is C43H82O6. The van der Waals surface area contributed by atoms with Crippen LogP contribution in [-0.2, 0) is 28.6 Å². The van der Waals surface area contributed by atoms with Gasteiger partial charge in [-0.1, -0.05) is 189 Å². The molecule has 0 fully saturated rings. The van der Waals surface area contributed by atoms with Crippen molar-refractivity contribution in [2.24, 2.45) is 11.8 Å². The molecule has 49 heavy (non-hydrogen) atoms. The quantitative estimate of drug-likeness (QED) is 0.0366. The van der Waals surface area contributed by atoms with Crippen LogP contribution < -0.4 is 0 Å². The van der Waals surface area contributed by atoms with Crippen LogP contribution in [0.3, 0.4) is 0 Å². The van der Waals surface area contributed by atoms with Crippen molar-refractivity contribution in [1.29, 1.82) is 0 Å². The Labute approximate surface area is 304 Å². The fraction of sp³-hybridized carbons (Fsp3) is 0.930. The molecule has 0 bridgehead atoms. The summed E-state index contributed by atoms with van der Waals surface area (Å²) in [6.07, 6.45) is 32.4. The fourth-order valence-corrected chi connectivity index (χ4v) is 6.19. The largest absolute Gasteiger partial charge is 0.462 e. The van der Waals surface area contributed by atoms with Gasteiger partial charge in [-0.2, -0.15) is 0 Å². The first-order valence-electron chi connectivity index (χ1n) is 21.3. The molecule has 0 radical (unpaired) electrons. The van der Waals surface area contributed by atoms with Gasteiger partial charge < -0.3 is 14.2 Å². The summed E-state index contributed by atoms with van der Waals surface area (Å²) in [6.45, 7) is 11.2. The van der Waals surface area contributed by atoms with Crippen LogP contribution in [0.5, 0.6) is 0 Å². The summed E-state index contributed by atoms with van der Waals surface area (Å²) < 4.78 is 16.6. The van der Waals surface area contributed by atoms with E-state index < -0.39 is 6.10 Å². The molecule has 2 atom stereocenters. The minimum atomic E-state index is -0.760. The van der Waals surface area contributed by atoms with E-state index >= 15 is 0 Å². The third kappa shape index (κ3) is 36.0. The van der Waals surface area contributed by atoms with Gasteiger partial charge in [0.1, 0.15) is 13.2 Å². The predicted octanol–water partition coefficient (Wildman–Crippen LogP) is 13.0. The molecule has 0 saturated carbocycles. The highest BCUT2D eigenvalue weighted by atomic mass is 16.6. The van der Waals surface area contributed by atoms with E-state index in [0.29, 0.717) is 19.3 Å². The van der Waals surface area contributed by atoms with E-state index in [0.717, 1.165) is 69.6 Å². The van der Waals surface area contributed by atoms with E-state index in [1.54, 1.807) is 0 Å². The average molecular weight is 695 g/mol. The molecule has 0 saturated heterocycles. The van der Waals surface area contributed by atoms with Crippen LogP contribution in [0.25, 0.3) is 0 Å². The van der Waals surface area contributed by atoms with Crippen LogP contribution >= 0.6 is 0 Å². The van der Waals surface area contributed by atoms with E-state index in [4.69, 9.17) is 14.2 Å². The molecule has 290 valence electrons. The van der Waals surface area contributed by atoms with Gasteiger partial charge in [-0.05, 0) is 31.1 Å². The van der Waals surface area contributed by atoms with Crippen LogP contribution in [0.2, 0.25) is 0 Å². The molecule has 6 heteroatoms. The predicted molar refractivity (Wildman–Crippen MR) is 206 cm³/mol. The van der Waals surface area contributed by atoms with Gasteiger partial charge in [0, 0.05) is 19.3 Å². The molecule has 0 amide bonds. The minimum absolute atomic E-state index is 0.0666. The first-order valence-corrected chi connectivity index (χ1v) is 21.3. The van der Waals surface area contributed by atoms with Gasteiger partial charge in [0.2, 0.25) is 0 Å². The zero-order chi connectivity index (χ0) is 36.2. The molecule has 0 spiro atoms. The monoisotopic (exact) mass is 695 g/mol. The van der Waals surface area contributed by atoms with Gasteiger partial charge in [-0.3, -0.25) is 14.4 Å². The lowest BCUT2D eigenvalue weighted by molar-refractivity contribution is -0.167. The first kappa shape index (κ1) is 47.4. The van der Waals surface area contributed by atoms with Crippen molar-refractivity contribution in [1.82, 2.24) is 0 Å². The Morgan fingerprint density at radius 3 is 1.16 bits per heavy atom. The summed E-state index contributed by atoms with van der Waals surface area (Å²) in [7, 11) is 0. The van der Waals surface area contributed by atoms with Crippen molar-refractivity contribution < 1.29 is 28.6 Å². The van der Waals surface area contributed by atoms with Gasteiger partial charge in [0.15, 0.2) is 6.10 Å². The number of carbonyl (C=O) groups is 3. The van der Waals surface area contributed by atoms with Crippen molar-refractivity contribution in [2.45, 2.75) is 233 Å².